The van der Waals surface area contributed by atoms with Crippen molar-refractivity contribution in [3.63, 3.8) is 0 Å². The fourth-order valence-electron chi connectivity index (χ4n) is 2.63. The quantitative estimate of drug-likeness (QED) is 0.745. The van der Waals surface area contributed by atoms with E-state index in [0.29, 0.717) is 0 Å². The predicted molar refractivity (Wildman–Crippen MR) is 89.8 cm³/mol. The summed E-state index contributed by atoms with van der Waals surface area (Å²) in [5.41, 5.74) is 3.51. The molecule has 0 fully saturated rings. The van der Waals surface area contributed by atoms with Crippen LogP contribution in [0.2, 0.25) is 0 Å². The number of aromatic nitrogens is 2. The molecule has 0 aliphatic carbocycles. The average molecular weight is 292 g/mol. The van der Waals surface area contributed by atoms with Crippen LogP contribution in [0.5, 0.6) is 5.88 Å². The summed E-state index contributed by atoms with van der Waals surface area (Å²) < 4.78 is 1.90. The van der Waals surface area contributed by atoms with E-state index in [-0.39, 0.29) is 11.4 Å². The molecule has 0 spiro atoms. The van der Waals surface area contributed by atoms with Crippen molar-refractivity contribution in [2.75, 3.05) is 0 Å². The van der Waals surface area contributed by atoms with E-state index in [9.17, 15) is 5.11 Å². The molecule has 0 radical (unpaired) electrons. The second-order valence-corrected chi connectivity index (χ2v) is 6.36. The first-order valence-corrected chi connectivity index (χ1v) is 7.42. The Labute approximate surface area is 130 Å². The Morgan fingerprint density at radius 3 is 1.82 bits per heavy atom. The third-order valence-corrected chi connectivity index (χ3v) is 3.61. The molecule has 112 valence electrons. The van der Waals surface area contributed by atoms with Crippen molar-refractivity contribution in [3.05, 3.63) is 60.7 Å². The van der Waals surface area contributed by atoms with Gasteiger partial charge >= 0.3 is 0 Å². The molecule has 0 amide bonds. The monoisotopic (exact) mass is 292 g/mol. The molecule has 3 nitrogen and oxygen atoms in total. The van der Waals surface area contributed by atoms with Gasteiger partial charge in [-0.05, 0) is 26.3 Å². The highest BCUT2D eigenvalue weighted by atomic mass is 16.3. The molecule has 2 aromatic carbocycles. The molecule has 3 aromatic rings. The largest absolute Gasteiger partial charge is 0.492 e. The third kappa shape index (κ3) is 2.50. The van der Waals surface area contributed by atoms with Crippen LogP contribution in [0.3, 0.4) is 0 Å². The first-order chi connectivity index (χ1) is 10.5. The summed E-state index contributed by atoms with van der Waals surface area (Å²) in [6.07, 6.45) is 0. The summed E-state index contributed by atoms with van der Waals surface area (Å²) in [4.78, 5) is 0. The first-order valence-electron chi connectivity index (χ1n) is 7.42. The summed E-state index contributed by atoms with van der Waals surface area (Å²) in [5.74, 6) is 0.0694. The molecular formula is C19H20N2O. The summed E-state index contributed by atoms with van der Waals surface area (Å²) >= 11 is 0. The van der Waals surface area contributed by atoms with Crippen molar-refractivity contribution in [2.45, 2.75) is 26.3 Å². The topological polar surface area (TPSA) is 38.0 Å². The van der Waals surface area contributed by atoms with Crippen LogP contribution in [0.4, 0.5) is 0 Å². The van der Waals surface area contributed by atoms with Crippen LogP contribution in [0.15, 0.2) is 60.7 Å². The minimum Gasteiger partial charge on any atom is -0.492 e. The predicted octanol–water partition coefficient (Wildman–Crippen LogP) is 4.68. The second kappa shape index (κ2) is 5.34. The molecule has 22 heavy (non-hydrogen) atoms. The minimum atomic E-state index is -0.227. The number of hydrogen-bond acceptors (Lipinski definition) is 2. The number of rotatable bonds is 2. The van der Waals surface area contributed by atoms with Gasteiger partial charge in [0.2, 0.25) is 5.88 Å². The minimum absolute atomic E-state index is 0.0694. The van der Waals surface area contributed by atoms with E-state index >= 15 is 0 Å². The van der Waals surface area contributed by atoms with Crippen molar-refractivity contribution in [3.8, 4) is 28.3 Å². The molecule has 0 aliphatic rings. The van der Waals surface area contributed by atoms with Gasteiger partial charge in [0.25, 0.3) is 0 Å². The summed E-state index contributed by atoms with van der Waals surface area (Å²) in [7, 11) is 0. The van der Waals surface area contributed by atoms with Gasteiger partial charge in [-0.15, -0.1) is 5.10 Å². The molecule has 0 atom stereocenters. The summed E-state index contributed by atoms with van der Waals surface area (Å²) in [6.45, 7) is 6.25. The van der Waals surface area contributed by atoms with E-state index in [2.05, 4.69) is 25.9 Å². The lowest BCUT2D eigenvalue weighted by atomic mass is 9.99. The van der Waals surface area contributed by atoms with Crippen LogP contribution in [-0.2, 0) is 5.54 Å². The molecular weight excluding hydrogens is 272 g/mol. The van der Waals surface area contributed by atoms with Crippen molar-refractivity contribution >= 4 is 0 Å². The van der Waals surface area contributed by atoms with E-state index in [1.807, 2.05) is 65.3 Å². The van der Waals surface area contributed by atoms with Crippen molar-refractivity contribution in [2.24, 2.45) is 0 Å². The van der Waals surface area contributed by atoms with Crippen molar-refractivity contribution < 1.29 is 5.11 Å². The Kier molecular flexibility index (Phi) is 3.49. The van der Waals surface area contributed by atoms with Crippen LogP contribution in [0, 0.1) is 0 Å². The standard InChI is InChI=1S/C19H20N2O/c1-19(2,3)21-17(15-12-8-5-9-13-15)16(18(22)20-21)14-10-6-4-7-11-14/h4-13H,1-3H3,(H,20,22). The Morgan fingerprint density at radius 2 is 1.32 bits per heavy atom. The lowest BCUT2D eigenvalue weighted by Gasteiger charge is -2.22. The fourth-order valence-corrected chi connectivity index (χ4v) is 2.63. The highest BCUT2D eigenvalue weighted by molar-refractivity contribution is 5.84. The van der Waals surface area contributed by atoms with Gasteiger partial charge < -0.3 is 5.11 Å². The van der Waals surface area contributed by atoms with Crippen LogP contribution in [-0.4, -0.2) is 14.9 Å². The normalized spacial score (nSPS) is 11.6. The molecule has 0 unspecified atom stereocenters. The van der Waals surface area contributed by atoms with Crippen LogP contribution in [0.25, 0.3) is 22.4 Å². The Balaban J connectivity index is 2.33. The summed E-state index contributed by atoms with van der Waals surface area (Å²) in [5, 5.41) is 14.9. The molecule has 0 aliphatic heterocycles. The first kappa shape index (κ1) is 14.4. The van der Waals surface area contributed by atoms with Crippen molar-refractivity contribution in [1.82, 2.24) is 9.78 Å². The highest BCUT2D eigenvalue weighted by Crippen LogP contribution is 2.40. The van der Waals surface area contributed by atoms with E-state index < -0.39 is 0 Å². The zero-order valence-corrected chi connectivity index (χ0v) is 13.1. The number of nitrogens with zero attached hydrogens (tertiary/aromatic N) is 2. The van der Waals surface area contributed by atoms with Crippen LogP contribution >= 0.6 is 0 Å². The Morgan fingerprint density at radius 1 is 0.818 bits per heavy atom. The van der Waals surface area contributed by atoms with Gasteiger partial charge in [0.05, 0.1) is 16.8 Å². The third-order valence-electron chi connectivity index (χ3n) is 3.61. The van der Waals surface area contributed by atoms with Gasteiger partial charge in [-0.25, -0.2) is 0 Å². The van der Waals surface area contributed by atoms with Gasteiger partial charge in [-0.3, -0.25) is 4.68 Å². The molecule has 1 N–H and O–H groups in total. The van der Waals surface area contributed by atoms with Gasteiger partial charge in [-0.2, -0.15) is 0 Å². The summed E-state index contributed by atoms with van der Waals surface area (Å²) in [6, 6.07) is 20.0. The molecule has 0 saturated heterocycles. The van der Waals surface area contributed by atoms with E-state index in [1.165, 1.54) is 0 Å². The zero-order valence-electron chi connectivity index (χ0n) is 13.1. The lowest BCUT2D eigenvalue weighted by molar-refractivity contribution is 0.341. The van der Waals surface area contributed by atoms with E-state index in [0.717, 1.165) is 22.4 Å². The maximum Gasteiger partial charge on any atom is 0.238 e. The lowest BCUT2D eigenvalue weighted by Crippen LogP contribution is -2.24. The van der Waals surface area contributed by atoms with Gasteiger partial charge in [0.1, 0.15) is 0 Å². The maximum atomic E-state index is 10.5. The molecule has 1 aromatic heterocycles. The number of hydrogen-bond donors (Lipinski definition) is 1. The van der Waals surface area contributed by atoms with Crippen LogP contribution in [0.1, 0.15) is 20.8 Å². The second-order valence-electron chi connectivity index (χ2n) is 6.36. The van der Waals surface area contributed by atoms with E-state index in [4.69, 9.17) is 0 Å². The zero-order chi connectivity index (χ0) is 15.7. The smallest absolute Gasteiger partial charge is 0.238 e. The van der Waals surface area contributed by atoms with Gasteiger partial charge in [0.15, 0.2) is 0 Å². The van der Waals surface area contributed by atoms with Crippen molar-refractivity contribution in [1.29, 1.82) is 0 Å². The SMILES string of the molecule is CC(C)(C)n1nc(O)c(-c2ccccc2)c1-c1ccccc1. The highest BCUT2D eigenvalue weighted by Gasteiger charge is 2.26. The fraction of sp³-hybridized carbons (Fsp3) is 0.211. The maximum absolute atomic E-state index is 10.5. The molecule has 0 saturated carbocycles. The number of benzene rings is 2. The Bertz CT molecular complexity index is 768. The van der Waals surface area contributed by atoms with E-state index in [1.54, 1.807) is 0 Å². The molecule has 3 rings (SSSR count). The average Bonchev–Trinajstić information content (AvgIpc) is 2.87. The molecule has 0 bridgehead atoms. The Hall–Kier alpha value is -2.55. The van der Waals surface area contributed by atoms with Gasteiger partial charge in [0, 0.05) is 5.56 Å². The molecule has 3 heteroatoms. The van der Waals surface area contributed by atoms with Crippen LogP contribution < -0.4 is 0 Å². The number of aromatic hydroxyl groups is 1. The van der Waals surface area contributed by atoms with Gasteiger partial charge in [-0.1, -0.05) is 60.7 Å². The molecule has 1 heterocycles.